The van der Waals surface area contributed by atoms with Gasteiger partial charge in [-0.25, -0.2) is 0 Å². The maximum Gasteiger partial charge on any atom is 0.264 e. The highest BCUT2D eigenvalue weighted by Crippen LogP contribution is 2.36. The molecule has 0 atom stereocenters. The summed E-state index contributed by atoms with van der Waals surface area (Å²) in [6, 6.07) is 11.0. The molecule has 2 aromatic rings. The smallest absolute Gasteiger partial charge is 0.264 e. The molecular formula is C17H14Cl3NO2. The normalized spacial score (nSPS) is 13.6. The maximum absolute atomic E-state index is 12.5. The van der Waals surface area contributed by atoms with Crippen molar-refractivity contribution in [3.05, 3.63) is 57.0 Å². The molecule has 120 valence electrons. The number of halogens is 3. The lowest BCUT2D eigenvalue weighted by molar-refractivity contribution is -0.120. The van der Waals surface area contributed by atoms with Crippen molar-refractivity contribution in [3.63, 3.8) is 0 Å². The SMILES string of the molecule is O=C(COc1c(Cl)cc(Cl)cc1Cl)N1CCCc2ccccc21. The molecule has 3 rings (SSSR count). The lowest BCUT2D eigenvalue weighted by Crippen LogP contribution is -2.38. The van der Waals surface area contributed by atoms with Crippen LogP contribution in [0.25, 0.3) is 0 Å². The average Bonchev–Trinajstić information content (AvgIpc) is 2.53. The summed E-state index contributed by atoms with van der Waals surface area (Å²) in [7, 11) is 0. The van der Waals surface area contributed by atoms with Crippen molar-refractivity contribution in [2.24, 2.45) is 0 Å². The average molecular weight is 371 g/mol. The number of carbonyl (C=O) groups excluding carboxylic acids is 1. The molecule has 0 saturated carbocycles. The van der Waals surface area contributed by atoms with Crippen molar-refractivity contribution in [1.29, 1.82) is 0 Å². The number of carbonyl (C=O) groups is 1. The lowest BCUT2D eigenvalue weighted by atomic mass is 10.0. The molecular weight excluding hydrogens is 357 g/mol. The number of hydrogen-bond donors (Lipinski definition) is 0. The van der Waals surface area contributed by atoms with Crippen molar-refractivity contribution >= 4 is 46.4 Å². The summed E-state index contributed by atoms with van der Waals surface area (Å²) in [5.74, 6) is 0.149. The summed E-state index contributed by atoms with van der Waals surface area (Å²) in [4.78, 5) is 14.3. The van der Waals surface area contributed by atoms with Gasteiger partial charge < -0.3 is 9.64 Å². The van der Waals surface area contributed by atoms with Crippen LogP contribution in [0.4, 0.5) is 5.69 Å². The number of amides is 1. The molecule has 0 fully saturated rings. The first kappa shape index (κ1) is 16.4. The van der Waals surface area contributed by atoms with E-state index in [1.807, 2.05) is 24.3 Å². The highest BCUT2D eigenvalue weighted by Gasteiger charge is 2.23. The van der Waals surface area contributed by atoms with E-state index in [1.54, 1.807) is 4.90 Å². The van der Waals surface area contributed by atoms with Crippen LogP contribution in [-0.2, 0) is 11.2 Å². The second kappa shape index (κ2) is 7.00. The molecule has 1 aliphatic heterocycles. The fourth-order valence-corrected chi connectivity index (χ4v) is 3.60. The molecule has 0 aromatic heterocycles. The van der Waals surface area contributed by atoms with Crippen LogP contribution < -0.4 is 9.64 Å². The van der Waals surface area contributed by atoms with E-state index in [1.165, 1.54) is 17.7 Å². The van der Waals surface area contributed by atoms with Crippen LogP contribution in [0.15, 0.2) is 36.4 Å². The summed E-state index contributed by atoms with van der Waals surface area (Å²) < 4.78 is 5.54. The Hall–Kier alpha value is -1.42. The van der Waals surface area contributed by atoms with E-state index in [0.29, 0.717) is 11.6 Å². The van der Waals surface area contributed by atoms with Gasteiger partial charge in [0.05, 0.1) is 10.0 Å². The van der Waals surface area contributed by atoms with Gasteiger partial charge in [-0.3, -0.25) is 4.79 Å². The molecule has 0 aliphatic carbocycles. The Morgan fingerprint density at radius 1 is 1.13 bits per heavy atom. The highest BCUT2D eigenvalue weighted by molar-refractivity contribution is 6.40. The van der Waals surface area contributed by atoms with Gasteiger partial charge in [0.25, 0.3) is 5.91 Å². The standard InChI is InChI=1S/C17H14Cl3NO2/c18-12-8-13(19)17(14(20)9-12)23-10-16(22)21-7-3-5-11-4-1-2-6-15(11)21/h1-2,4,6,8-9H,3,5,7,10H2. The first-order valence-corrected chi connectivity index (χ1v) is 8.35. The first-order chi connectivity index (χ1) is 11.1. The number of rotatable bonds is 3. The van der Waals surface area contributed by atoms with Gasteiger partial charge in [0.15, 0.2) is 12.4 Å². The van der Waals surface area contributed by atoms with Gasteiger partial charge in [-0.15, -0.1) is 0 Å². The predicted molar refractivity (Wildman–Crippen MR) is 94.1 cm³/mol. The van der Waals surface area contributed by atoms with Crippen LogP contribution in [0, 0.1) is 0 Å². The molecule has 0 bridgehead atoms. The Labute approximate surface area is 149 Å². The zero-order chi connectivity index (χ0) is 16.4. The number of hydrogen-bond acceptors (Lipinski definition) is 2. The zero-order valence-electron chi connectivity index (χ0n) is 12.2. The first-order valence-electron chi connectivity index (χ1n) is 7.22. The molecule has 0 unspecified atom stereocenters. The Morgan fingerprint density at radius 2 is 1.83 bits per heavy atom. The van der Waals surface area contributed by atoms with Gasteiger partial charge in [0.1, 0.15) is 0 Å². The van der Waals surface area contributed by atoms with Crippen LogP contribution in [0.3, 0.4) is 0 Å². The molecule has 0 N–H and O–H groups in total. The fourth-order valence-electron chi connectivity index (χ4n) is 2.67. The molecule has 3 nitrogen and oxygen atoms in total. The van der Waals surface area contributed by atoms with E-state index in [2.05, 4.69) is 0 Å². The summed E-state index contributed by atoms with van der Waals surface area (Å²) in [5.41, 5.74) is 2.12. The number of anilines is 1. The van der Waals surface area contributed by atoms with E-state index in [4.69, 9.17) is 39.5 Å². The van der Waals surface area contributed by atoms with Crippen LogP contribution in [0.1, 0.15) is 12.0 Å². The molecule has 1 heterocycles. The summed E-state index contributed by atoms with van der Waals surface area (Å²) >= 11 is 18.0. The second-order valence-electron chi connectivity index (χ2n) is 5.26. The Morgan fingerprint density at radius 3 is 2.57 bits per heavy atom. The van der Waals surface area contributed by atoms with E-state index in [0.717, 1.165) is 18.5 Å². The lowest BCUT2D eigenvalue weighted by Gasteiger charge is -2.29. The molecule has 1 amide bonds. The molecule has 23 heavy (non-hydrogen) atoms. The van der Waals surface area contributed by atoms with Gasteiger partial charge >= 0.3 is 0 Å². The maximum atomic E-state index is 12.5. The zero-order valence-corrected chi connectivity index (χ0v) is 14.5. The van der Waals surface area contributed by atoms with Gasteiger partial charge in [-0.05, 0) is 36.6 Å². The van der Waals surface area contributed by atoms with E-state index in [-0.39, 0.29) is 28.3 Å². The van der Waals surface area contributed by atoms with Gasteiger partial charge in [0.2, 0.25) is 0 Å². The van der Waals surface area contributed by atoms with Crippen molar-refractivity contribution < 1.29 is 9.53 Å². The number of benzene rings is 2. The van der Waals surface area contributed by atoms with Crippen molar-refractivity contribution in [1.82, 2.24) is 0 Å². The summed E-state index contributed by atoms with van der Waals surface area (Å²) in [5, 5.41) is 0.993. The van der Waals surface area contributed by atoms with Gasteiger partial charge in [-0.2, -0.15) is 0 Å². The van der Waals surface area contributed by atoms with Gasteiger partial charge in [-0.1, -0.05) is 53.0 Å². The van der Waals surface area contributed by atoms with Crippen LogP contribution >= 0.6 is 34.8 Å². The highest BCUT2D eigenvalue weighted by atomic mass is 35.5. The molecule has 1 aliphatic rings. The Bertz CT molecular complexity index is 725. The number of aryl methyl sites for hydroxylation is 1. The number of nitrogens with zero attached hydrogens (tertiary/aromatic N) is 1. The summed E-state index contributed by atoms with van der Waals surface area (Å²) in [6.45, 7) is 0.552. The number of ether oxygens (including phenoxy) is 1. The van der Waals surface area contributed by atoms with Gasteiger partial charge in [0, 0.05) is 17.3 Å². The minimum Gasteiger partial charge on any atom is -0.481 e. The topological polar surface area (TPSA) is 29.5 Å². The minimum absolute atomic E-state index is 0.126. The van der Waals surface area contributed by atoms with Crippen LogP contribution in [-0.4, -0.2) is 19.1 Å². The Kier molecular flexibility index (Phi) is 5.00. The van der Waals surface area contributed by atoms with Crippen LogP contribution in [0.2, 0.25) is 15.1 Å². The largest absolute Gasteiger partial charge is 0.481 e. The quantitative estimate of drug-likeness (QED) is 0.760. The van der Waals surface area contributed by atoms with E-state index < -0.39 is 0 Å². The number of para-hydroxylation sites is 1. The van der Waals surface area contributed by atoms with Crippen molar-refractivity contribution in [2.45, 2.75) is 12.8 Å². The van der Waals surface area contributed by atoms with Crippen molar-refractivity contribution in [3.8, 4) is 5.75 Å². The second-order valence-corrected chi connectivity index (χ2v) is 6.52. The summed E-state index contributed by atoms with van der Waals surface area (Å²) in [6.07, 6.45) is 1.92. The molecule has 2 aromatic carbocycles. The van der Waals surface area contributed by atoms with Crippen molar-refractivity contribution in [2.75, 3.05) is 18.1 Å². The third-order valence-corrected chi connectivity index (χ3v) is 4.49. The number of fused-ring (bicyclic) bond motifs is 1. The molecule has 0 radical (unpaired) electrons. The third kappa shape index (κ3) is 3.57. The predicted octanol–water partition coefficient (Wildman–Crippen LogP) is 5.01. The van der Waals surface area contributed by atoms with E-state index in [9.17, 15) is 4.79 Å². The monoisotopic (exact) mass is 369 g/mol. The molecule has 0 spiro atoms. The Balaban J connectivity index is 1.74. The van der Waals surface area contributed by atoms with Crippen LogP contribution in [0.5, 0.6) is 5.75 Å². The van der Waals surface area contributed by atoms with E-state index >= 15 is 0 Å². The molecule has 6 heteroatoms. The minimum atomic E-state index is -0.130. The molecule has 0 saturated heterocycles. The third-order valence-electron chi connectivity index (χ3n) is 3.71. The fraction of sp³-hybridized carbons (Fsp3) is 0.235.